The van der Waals surface area contributed by atoms with Crippen LogP contribution in [0.25, 0.3) is 0 Å². The fourth-order valence-electron chi connectivity index (χ4n) is 4.39. The molecule has 0 radical (unpaired) electrons. The zero-order chi connectivity index (χ0) is 22.6. The smallest absolute Gasteiger partial charge is 0.273 e. The van der Waals surface area contributed by atoms with Crippen LogP contribution in [0.5, 0.6) is 0 Å². The fraction of sp³-hybridized carbons (Fsp3) is 0.739. The van der Waals surface area contributed by atoms with Crippen LogP contribution in [0.2, 0.25) is 0 Å². The average Bonchev–Trinajstić information content (AvgIpc) is 3.37. The molecular weight excluding hydrogens is 394 g/mol. The van der Waals surface area contributed by atoms with Crippen molar-refractivity contribution >= 4 is 17.7 Å². The van der Waals surface area contributed by atoms with Gasteiger partial charge in [0.05, 0.1) is 6.54 Å². The first kappa shape index (κ1) is 23.3. The van der Waals surface area contributed by atoms with Gasteiger partial charge in [-0.25, -0.2) is 0 Å². The molecule has 2 heterocycles. The standard InChI is InChI=1S/C23H37N5O3/c1-5-6-13-27-21(30)19-14-18(20(29)24-12-11-16(2)3)26-28(19)15-23(27,4)22(31)25-17-9-7-8-10-17/h14,16-17H,5-13,15H2,1-4H3,(H,24,29)(H,25,31). The second kappa shape index (κ2) is 9.83. The lowest BCUT2D eigenvalue weighted by atomic mass is 9.94. The highest BCUT2D eigenvalue weighted by Crippen LogP contribution is 2.29. The molecule has 0 saturated heterocycles. The minimum Gasteiger partial charge on any atom is -0.351 e. The van der Waals surface area contributed by atoms with Crippen LogP contribution >= 0.6 is 0 Å². The van der Waals surface area contributed by atoms with Crippen molar-refractivity contribution < 1.29 is 14.4 Å². The van der Waals surface area contributed by atoms with Crippen molar-refractivity contribution in [1.29, 1.82) is 0 Å². The number of nitrogens with zero attached hydrogens (tertiary/aromatic N) is 3. The Morgan fingerprint density at radius 3 is 2.65 bits per heavy atom. The van der Waals surface area contributed by atoms with Gasteiger partial charge in [0.2, 0.25) is 5.91 Å². The number of hydrogen-bond acceptors (Lipinski definition) is 4. The van der Waals surface area contributed by atoms with E-state index in [1.807, 2.05) is 6.92 Å². The average molecular weight is 432 g/mol. The van der Waals surface area contributed by atoms with Gasteiger partial charge in [-0.1, -0.05) is 40.0 Å². The van der Waals surface area contributed by atoms with Gasteiger partial charge in [-0.2, -0.15) is 5.10 Å². The zero-order valence-electron chi connectivity index (χ0n) is 19.4. The van der Waals surface area contributed by atoms with Gasteiger partial charge < -0.3 is 15.5 Å². The van der Waals surface area contributed by atoms with E-state index in [9.17, 15) is 14.4 Å². The third kappa shape index (κ3) is 5.10. The lowest BCUT2D eigenvalue weighted by Crippen LogP contribution is -2.65. The Hall–Kier alpha value is -2.38. The van der Waals surface area contributed by atoms with Crippen molar-refractivity contribution in [3.05, 3.63) is 17.5 Å². The number of unbranched alkanes of at least 4 members (excludes halogenated alkanes) is 1. The van der Waals surface area contributed by atoms with Gasteiger partial charge in [-0.15, -0.1) is 0 Å². The molecule has 1 fully saturated rings. The summed E-state index contributed by atoms with van der Waals surface area (Å²) in [4.78, 5) is 40.9. The summed E-state index contributed by atoms with van der Waals surface area (Å²) in [5.41, 5.74) is -0.432. The highest BCUT2D eigenvalue weighted by molar-refractivity contribution is 6.01. The second-order valence-corrected chi connectivity index (χ2v) is 9.55. The van der Waals surface area contributed by atoms with Crippen molar-refractivity contribution in [2.75, 3.05) is 13.1 Å². The Morgan fingerprint density at radius 2 is 2.00 bits per heavy atom. The van der Waals surface area contributed by atoms with Gasteiger partial charge in [-0.3, -0.25) is 19.1 Å². The Labute approximate surface area is 185 Å². The van der Waals surface area contributed by atoms with E-state index in [-0.39, 0.29) is 36.0 Å². The summed E-state index contributed by atoms with van der Waals surface area (Å²) in [5, 5.41) is 10.4. The topological polar surface area (TPSA) is 96.3 Å². The van der Waals surface area contributed by atoms with Gasteiger partial charge >= 0.3 is 0 Å². The molecule has 8 heteroatoms. The van der Waals surface area contributed by atoms with Gasteiger partial charge in [0.1, 0.15) is 11.2 Å². The van der Waals surface area contributed by atoms with Crippen molar-refractivity contribution in [1.82, 2.24) is 25.3 Å². The number of carbonyl (C=O) groups excluding carboxylic acids is 3. The first-order chi connectivity index (χ1) is 14.8. The molecule has 172 valence electrons. The normalized spacial score (nSPS) is 21.5. The molecule has 31 heavy (non-hydrogen) atoms. The molecule has 0 bridgehead atoms. The second-order valence-electron chi connectivity index (χ2n) is 9.55. The minimum absolute atomic E-state index is 0.132. The predicted octanol–water partition coefficient (Wildman–Crippen LogP) is 2.73. The van der Waals surface area contributed by atoms with E-state index in [0.29, 0.717) is 24.7 Å². The third-order valence-corrected chi connectivity index (χ3v) is 6.45. The molecule has 1 aliphatic heterocycles. The lowest BCUT2D eigenvalue weighted by molar-refractivity contribution is -0.133. The van der Waals surface area contributed by atoms with Gasteiger partial charge in [0.15, 0.2) is 5.69 Å². The number of rotatable bonds is 9. The van der Waals surface area contributed by atoms with Crippen LogP contribution < -0.4 is 10.6 Å². The van der Waals surface area contributed by atoms with Crippen molar-refractivity contribution in [3.8, 4) is 0 Å². The molecule has 2 aliphatic rings. The molecule has 2 N–H and O–H groups in total. The summed E-state index contributed by atoms with van der Waals surface area (Å²) in [6.07, 6.45) is 6.83. The zero-order valence-corrected chi connectivity index (χ0v) is 19.4. The number of hydrogen-bond donors (Lipinski definition) is 2. The summed E-state index contributed by atoms with van der Waals surface area (Å²) in [6.45, 7) is 9.40. The van der Waals surface area contributed by atoms with Crippen molar-refractivity contribution in [2.24, 2.45) is 5.92 Å². The Kier molecular flexibility index (Phi) is 7.38. The number of amides is 3. The van der Waals surface area contributed by atoms with Crippen LogP contribution in [0, 0.1) is 5.92 Å². The highest BCUT2D eigenvalue weighted by atomic mass is 16.2. The van der Waals surface area contributed by atoms with Gasteiger partial charge in [-0.05, 0) is 38.5 Å². The third-order valence-electron chi connectivity index (χ3n) is 6.45. The molecule has 0 spiro atoms. The monoisotopic (exact) mass is 431 g/mol. The van der Waals surface area contributed by atoms with E-state index in [2.05, 4.69) is 36.5 Å². The van der Waals surface area contributed by atoms with E-state index < -0.39 is 5.54 Å². The van der Waals surface area contributed by atoms with Crippen LogP contribution in [-0.2, 0) is 11.3 Å². The summed E-state index contributed by atoms with van der Waals surface area (Å²) in [5.74, 6) is -0.165. The number of nitrogens with one attached hydrogen (secondary N) is 2. The maximum atomic E-state index is 13.4. The van der Waals surface area contributed by atoms with Crippen LogP contribution in [0.15, 0.2) is 6.07 Å². The first-order valence-electron chi connectivity index (χ1n) is 11.7. The molecule has 1 aromatic heterocycles. The van der Waals surface area contributed by atoms with Gasteiger partial charge in [0, 0.05) is 25.2 Å². The fourth-order valence-corrected chi connectivity index (χ4v) is 4.39. The van der Waals surface area contributed by atoms with Gasteiger partial charge in [0.25, 0.3) is 11.8 Å². The molecule has 1 unspecified atom stereocenters. The Balaban J connectivity index is 1.82. The Morgan fingerprint density at radius 1 is 1.29 bits per heavy atom. The van der Waals surface area contributed by atoms with Crippen molar-refractivity contribution in [2.45, 2.75) is 90.8 Å². The molecule has 0 aromatic carbocycles. The molecule has 1 atom stereocenters. The van der Waals surface area contributed by atoms with Crippen LogP contribution in [0.1, 0.15) is 93.6 Å². The highest BCUT2D eigenvalue weighted by Gasteiger charge is 2.48. The summed E-state index contributed by atoms with van der Waals surface area (Å²) in [6, 6.07) is 1.73. The van der Waals surface area contributed by atoms with Crippen molar-refractivity contribution in [3.63, 3.8) is 0 Å². The summed E-state index contributed by atoms with van der Waals surface area (Å²) >= 11 is 0. The number of aromatic nitrogens is 2. The molecule has 1 saturated carbocycles. The summed E-state index contributed by atoms with van der Waals surface area (Å²) < 4.78 is 1.54. The molecular formula is C23H37N5O3. The largest absolute Gasteiger partial charge is 0.351 e. The first-order valence-corrected chi connectivity index (χ1v) is 11.7. The quantitative estimate of drug-likeness (QED) is 0.628. The number of carbonyl (C=O) groups is 3. The van der Waals surface area contributed by atoms with E-state index in [1.54, 1.807) is 11.0 Å². The Bertz CT molecular complexity index is 812. The molecule has 1 aliphatic carbocycles. The van der Waals surface area contributed by atoms with E-state index in [0.717, 1.165) is 44.9 Å². The van der Waals surface area contributed by atoms with E-state index in [1.165, 1.54) is 4.68 Å². The maximum Gasteiger partial charge on any atom is 0.273 e. The molecule has 3 rings (SSSR count). The van der Waals surface area contributed by atoms with E-state index >= 15 is 0 Å². The SMILES string of the molecule is CCCCN1C(=O)c2cc(C(=O)NCCC(C)C)nn2CC1(C)C(=O)NC1CCCC1. The molecule has 8 nitrogen and oxygen atoms in total. The van der Waals surface area contributed by atoms with E-state index in [4.69, 9.17) is 0 Å². The summed E-state index contributed by atoms with van der Waals surface area (Å²) in [7, 11) is 0. The molecule has 3 amide bonds. The predicted molar refractivity (Wildman–Crippen MR) is 119 cm³/mol. The van der Waals surface area contributed by atoms with Crippen LogP contribution in [0.3, 0.4) is 0 Å². The minimum atomic E-state index is -1.03. The van der Waals surface area contributed by atoms with Crippen LogP contribution in [0.4, 0.5) is 0 Å². The number of fused-ring (bicyclic) bond motifs is 1. The molecule has 1 aromatic rings. The lowest BCUT2D eigenvalue weighted by Gasteiger charge is -2.43. The maximum absolute atomic E-state index is 13.4. The van der Waals surface area contributed by atoms with Crippen LogP contribution in [-0.4, -0.2) is 57.1 Å².